The Morgan fingerprint density at radius 3 is 2.42 bits per heavy atom. The highest BCUT2D eigenvalue weighted by Crippen LogP contribution is 2.23. The Morgan fingerprint density at radius 2 is 1.79 bits per heavy atom. The Hall–Kier alpha value is -2.97. The van der Waals surface area contributed by atoms with Crippen molar-refractivity contribution in [1.29, 1.82) is 0 Å². The lowest BCUT2D eigenvalue weighted by molar-refractivity contribution is -0.150. The maximum Gasteiger partial charge on any atom is 0.347 e. The third kappa shape index (κ3) is 8.47. The predicted octanol–water partition coefficient (Wildman–Crippen LogP) is 4.63. The second kappa shape index (κ2) is 12.9. The molecular weight excluding hydrogens is 440 g/mol. The Labute approximate surface area is 199 Å². The minimum atomic E-state index is -0.667. The van der Waals surface area contributed by atoms with Gasteiger partial charge in [-0.2, -0.15) is 0 Å². The molecule has 2 unspecified atom stereocenters. The molecule has 1 aromatic heterocycles. The maximum absolute atomic E-state index is 11.8. The second-order valence-corrected chi connectivity index (χ2v) is 8.40. The van der Waals surface area contributed by atoms with Crippen molar-refractivity contribution in [2.75, 3.05) is 13.2 Å². The number of thiazole rings is 1. The molecule has 0 saturated carbocycles. The van der Waals surface area contributed by atoms with Crippen LogP contribution >= 0.6 is 11.3 Å². The highest BCUT2D eigenvalue weighted by atomic mass is 32.1. The van der Waals surface area contributed by atoms with Crippen LogP contribution in [0.4, 0.5) is 0 Å². The summed E-state index contributed by atoms with van der Waals surface area (Å²) in [6.45, 7) is 9.51. The summed E-state index contributed by atoms with van der Waals surface area (Å²) >= 11 is 1.50. The number of nitrogens with zero attached hydrogens (tertiary/aromatic N) is 1. The van der Waals surface area contributed by atoms with Gasteiger partial charge in [-0.3, -0.25) is 0 Å². The van der Waals surface area contributed by atoms with Crippen LogP contribution in [0.2, 0.25) is 0 Å². The second-order valence-electron chi connectivity index (χ2n) is 7.51. The summed E-state index contributed by atoms with van der Waals surface area (Å²) in [5.41, 5.74) is 9.66. The van der Waals surface area contributed by atoms with E-state index in [0.717, 1.165) is 21.8 Å². The van der Waals surface area contributed by atoms with E-state index >= 15 is 0 Å². The molecule has 0 bridgehead atoms. The summed E-state index contributed by atoms with van der Waals surface area (Å²) in [5.74, 6) is -0.117. The summed E-state index contributed by atoms with van der Waals surface area (Å²) in [6.07, 6.45) is 3.64. The molecule has 0 spiro atoms. The van der Waals surface area contributed by atoms with Gasteiger partial charge in [-0.25, -0.2) is 14.6 Å². The Bertz CT molecular complexity index is 994. The summed E-state index contributed by atoms with van der Waals surface area (Å²) in [6, 6.07) is 7.23. The monoisotopic (exact) mass is 472 g/mol. The van der Waals surface area contributed by atoms with Crippen LogP contribution in [0.25, 0.3) is 6.08 Å². The average Bonchev–Trinajstić information content (AvgIpc) is 3.23. The van der Waals surface area contributed by atoms with Gasteiger partial charge in [-0.1, -0.05) is 12.1 Å². The Morgan fingerprint density at radius 1 is 1.12 bits per heavy atom. The van der Waals surface area contributed by atoms with Gasteiger partial charge in [0, 0.05) is 11.0 Å². The number of esters is 2. The fourth-order valence-corrected chi connectivity index (χ4v) is 3.79. The van der Waals surface area contributed by atoms with Gasteiger partial charge in [0.1, 0.15) is 10.8 Å². The van der Waals surface area contributed by atoms with E-state index in [1.165, 1.54) is 11.3 Å². The highest BCUT2D eigenvalue weighted by Gasteiger charge is 2.16. The summed E-state index contributed by atoms with van der Waals surface area (Å²) < 4.78 is 15.6. The Balaban J connectivity index is 1.97. The molecule has 1 aromatic carbocycles. The number of benzene rings is 1. The first kappa shape index (κ1) is 26.3. The summed E-state index contributed by atoms with van der Waals surface area (Å²) in [5, 5.41) is 2.77. The molecule has 33 heavy (non-hydrogen) atoms. The lowest BCUT2D eigenvalue weighted by atomic mass is 10.1. The fraction of sp³-hybridized carbons (Fsp3) is 0.400. The van der Waals surface area contributed by atoms with E-state index in [0.29, 0.717) is 31.0 Å². The summed E-state index contributed by atoms with van der Waals surface area (Å²) in [4.78, 5) is 28.1. The van der Waals surface area contributed by atoms with E-state index in [1.807, 2.05) is 42.6 Å². The van der Waals surface area contributed by atoms with Gasteiger partial charge in [0.25, 0.3) is 0 Å². The van der Waals surface area contributed by atoms with Gasteiger partial charge in [-0.05, 0) is 76.5 Å². The first-order valence-electron chi connectivity index (χ1n) is 10.9. The zero-order valence-corrected chi connectivity index (χ0v) is 20.6. The lowest BCUT2D eigenvalue weighted by Crippen LogP contribution is -2.26. The number of nitrogens with two attached hydrogens (primary N) is 1. The van der Waals surface area contributed by atoms with Crippen molar-refractivity contribution in [3.63, 3.8) is 0 Å². The van der Waals surface area contributed by atoms with Gasteiger partial charge in [-0.15, -0.1) is 11.3 Å². The molecule has 2 N–H and O–H groups in total. The predicted molar refractivity (Wildman–Crippen MR) is 130 cm³/mol. The number of carbonyl (C=O) groups excluding carboxylic acids is 2. The van der Waals surface area contributed by atoms with Crippen LogP contribution in [0.1, 0.15) is 56.9 Å². The summed E-state index contributed by atoms with van der Waals surface area (Å²) in [7, 11) is 0. The highest BCUT2D eigenvalue weighted by molar-refractivity contribution is 7.09. The van der Waals surface area contributed by atoms with E-state index in [9.17, 15) is 9.59 Å². The first-order valence-corrected chi connectivity index (χ1v) is 11.8. The number of hydrogen-bond donors (Lipinski definition) is 1. The topological polar surface area (TPSA) is 101 Å². The largest absolute Gasteiger partial charge is 0.479 e. The minimum absolute atomic E-state index is 0.250. The molecule has 0 aliphatic rings. The number of rotatable bonds is 11. The zero-order valence-electron chi connectivity index (χ0n) is 19.8. The van der Waals surface area contributed by atoms with Crippen LogP contribution in [0.3, 0.4) is 0 Å². The number of allylic oxidation sites excluding steroid dienone is 2. The first-order chi connectivity index (χ1) is 15.7. The van der Waals surface area contributed by atoms with Crippen molar-refractivity contribution in [3.8, 4) is 5.75 Å². The Kier molecular flexibility index (Phi) is 10.3. The quantitative estimate of drug-likeness (QED) is 0.289. The van der Waals surface area contributed by atoms with Crippen molar-refractivity contribution in [3.05, 3.63) is 63.1 Å². The van der Waals surface area contributed by atoms with Gasteiger partial charge in [0.2, 0.25) is 0 Å². The molecule has 8 heteroatoms. The molecule has 178 valence electrons. The van der Waals surface area contributed by atoms with Crippen LogP contribution in [-0.4, -0.2) is 36.2 Å². The minimum Gasteiger partial charge on any atom is -0.479 e. The average molecular weight is 473 g/mol. The van der Waals surface area contributed by atoms with E-state index in [-0.39, 0.29) is 18.0 Å². The number of carbonyl (C=O) groups is 2. The van der Waals surface area contributed by atoms with Crippen LogP contribution < -0.4 is 10.5 Å². The standard InChI is InChI=1S/C25H32N2O5S/c1-6-30-24(28)17(4)12-16(3)13-20-15-33-23(27-20)22(26)14-19-8-10-21(11-9-19)32-18(5)25(29)31-7-2/h8-13,15,18,22H,6-7,14,26H2,1-5H3/b16-13+,17-12-. The van der Waals surface area contributed by atoms with Crippen molar-refractivity contribution < 1.29 is 23.8 Å². The molecule has 1 heterocycles. The van der Waals surface area contributed by atoms with Crippen LogP contribution in [0.5, 0.6) is 5.75 Å². The van der Waals surface area contributed by atoms with Crippen molar-refractivity contribution in [2.24, 2.45) is 5.73 Å². The van der Waals surface area contributed by atoms with Crippen LogP contribution in [0, 0.1) is 0 Å². The molecule has 0 radical (unpaired) electrons. The zero-order chi connectivity index (χ0) is 24.4. The van der Waals surface area contributed by atoms with Gasteiger partial charge in [0.15, 0.2) is 6.10 Å². The normalized spacial score (nSPS) is 13.9. The molecule has 2 atom stereocenters. The molecule has 2 aromatic rings. The molecule has 7 nitrogen and oxygen atoms in total. The molecule has 0 saturated heterocycles. The lowest BCUT2D eigenvalue weighted by Gasteiger charge is -2.14. The third-order valence-electron chi connectivity index (χ3n) is 4.58. The number of hydrogen-bond acceptors (Lipinski definition) is 8. The molecule has 0 fully saturated rings. The van der Waals surface area contributed by atoms with E-state index in [2.05, 4.69) is 4.98 Å². The van der Waals surface area contributed by atoms with Crippen molar-refractivity contribution in [1.82, 2.24) is 4.98 Å². The van der Waals surface area contributed by atoms with E-state index in [4.69, 9.17) is 19.9 Å². The number of aromatic nitrogens is 1. The van der Waals surface area contributed by atoms with Gasteiger partial charge >= 0.3 is 11.9 Å². The van der Waals surface area contributed by atoms with Gasteiger partial charge < -0.3 is 19.9 Å². The van der Waals surface area contributed by atoms with Crippen molar-refractivity contribution >= 4 is 29.4 Å². The maximum atomic E-state index is 11.8. The van der Waals surface area contributed by atoms with E-state index in [1.54, 1.807) is 33.8 Å². The SMILES string of the molecule is CCOC(=O)/C(C)=C\C(C)=C\c1csc(C(N)Cc2ccc(OC(C)C(=O)OCC)cc2)n1. The molecule has 0 aliphatic carbocycles. The van der Waals surface area contributed by atoms with Crippen LogP contribution in [-0.2, 0) is 25.5 Å². The van der Waals surface area contributed by atoms with Gasteiger partial charge in [0.05, 0.1) is 24.9 Å². The fourth-order valence-electron chi connectivity index (χ4n) is 3.01. The third-order valence-corrected chi connectivity index (χ3v) is 5.58. The molecule has 0 amide bonds. The van der Waals surface area contributed by atoms with Crippen LogP contribution in [0.15, 0.2) is 46.9 Å². The number of ether oxygens (including phenoxy) is 3. The molecular formula is C25H32N2O5S. The smallest absolute Gasteiger partial charge is 0.347 e. The molecule has 0 aliphatic heterocycles. The van der Waals surface area contributed by atoms with E-state index < -0.39 is 6.10 Å². The van der Waals surface area contributed by atoms with Crippen molar-refractivity contribution in [2.45, 2.75) is 53.2 Å². The molecule has 2 rings (SSSR count).